The summed E-state index contributed by atoms with van der Waals surface area (Å²) in [5, 5.41) is 11.4. The summed E-state index contributed by atoms with van der Waals surface area (Å²) in [6.07, 6.45) is 3.64. The molecule has 2 aromatic carbocycles. The van der Waals surface area contributed by atoms with Crippen molar-refractivity contribution in [2.24, 2.45) is 0 Å². The zero-order valence-electron chi connectivity index (χ0n) is 19.0. The third kappa shape index (κ3) is 4.51. The Hall–Kier alpha value is -3.73. The fourth-order valence-electron chi connectivity index (χ4n) is 4.00. The molecule has 0 fully saturated rings. The number of nitrogens with zero attached hydrogens (tertiary/aromatic N) is 1. The molecule has 0 saturated heterocycles. The molecule has 4 rings (SSSR count). The van der Waals surface area contributed by atoms with Gasteiger partial charge in [0.05, 0.1) is 22.5 Å². The Kier molecular flexibility index (Phi) is 6.88. The maximum absolute atomic E-state index is 13.9. The second kappa shape index (κ2) is 9.87. The first kappa shape index (κ1) is 24.4. The summed E-state index contributed by atoms with van der Waals surface area (Å²) < 4.78 is 32.9. The molecule has 0 aliphatic carbocycles. The number of benzene rings is 2. The number of hydrogen-bond acceptors (Lipinski definition) is 8. The van der Waals surface area contributed by atoms with E-state index < -0.39 is 15.7 Å². The van der Waals surface area contributed by atoms with Gasteiger partial charge in [0, 0.05) is 34.9 Å². The van der Waals surface area contributed by atoms with Gasteiger partial charge in [0.15, 0.2) is 0 Å². The largest absolute Gasteiger partial charge is 0.497 e. The second-order valence-corrected chi connectivity index (χ2v) is 10.6. The van der Waals surface area contributed by atoms with Crippen molar-refractivity contribution in [1.82, 2.24) is 10.5 Å². The molecule has 4 aromatic rings. The molecule has 35 heavy (non-hydrogen) atoms. The standard InChI is InChI=1S/C25H23N3O5S2/c1-15-23(26)19(13-16-5-3-11-27-14-16)21(20-6-4-12-34-20)22(25(29)28-30)24(15)35(31,32)18-9-7-17(33-2)8-10-18/h3-12,14,30H,13,26H2,1-2H3,(H,28,29). The van der Waals surface area contributed by atoms with Gasteiger partial charge in [0.2, 0.25) is 9.84 Å². The number of nitrogens with one attached hydrogen (secondary N) is 1. The highest BCUT2D eigenvalue weighted by molar-refractivity contribution is 7.91. The molecule has 1 amide bonds. The first-order valence-electron chi connectivity index (χ1n) is 10.5. The van der Waals surface area contributed by atoms with Crippen molar-refractivity contribution in [2.75, 3.05) is 12.8 Å². The number of pyridine rings is 1. The minimum Gasteiger partial charge on any atom is -0.497 e. The van der Waals surface area contributed by atoms with Gasteiger partial charge in [-0.3, -0.25) is 15.0 Å². The summed E-state index contributed by atoms with van der Waals surface area (Å²) in [6.45, 7) is 1.56. The molecule has 0 spiro atoms. The number of sulfone groups is 1. The number of aromatic nitrogens is 1. The normalized spacial score (nSPS) is 11.3. The Morgan fingerprint density at radius 3 is 2.49 bits per heavy atom. The number of carbonyl (C=O) groups is 1. The molecule has 0 unspecified atom stereocenters. The third-order valence-electron chi connectivity index (χ3n) is 5.69. The number of thiophene rings is 1. The van der Waals surface area contributed by atoms with Crippen molar-refractivity contribution in [1.29, 1.82) is 0 Å². The Labute approximate surface area is 206 Å². The summed E-state index contributed by atoms with van der Waals surface area (Å²) in [4.78, 5) is 17.6. The highest BCUT2D eigenvalue weighted by Gasteiger charge is 2.33. The minimum atomic E-state index is -4.22. The van der Waals surface area contributed by atoms with Crippen molar-refractivity contribution < 1.29 is 23.2 Å². The van der Waals surface area contributed by atoms with E-state index >= 15 is 0 Å². The van der Waals surface area contributed by atoms with Gasteiger partial charge in [-0.25, -0.2) is 13.9 Å². The Morgan fingerprint density at radius 1 is 1.17 bits per heavy atom. The predicted molar refractivity (Wildman–Crippen MR) is 134 cm³/mol. The van der Waals surface area contributed by atoms with E-state index in [4.69, 9.17) is 10.5 Å². The van der Waals surface area contributed by atoms with E-state index in [1.165, 1.54) is 42.7 Å². The molecule has 8 nitrogen and oxygen atoms in total. The van der Waals surface area contributed by atoms with Crippen LogP contribution < -0.4 is 16.0 Å². The summed E-state index contributed by atoms with van der Waals surface area (Å²) in [5.41, 5.74) is 10.3. The summed E-state index contributed by atoms with van der Waals surface area (Å²) >= 11 is 1.33. The van der Waals surface area contributed by atoms with Crippen LogP contribution in [0.15, 0.2) is 76.1 Å². The van der Waals surface area contributed by atoms with Crippen LogP contribution in [0.1, 0.15) is 27.0 Å². The van der Waals surface area contributed by atoms with E-state index in [0.717, 1.165) is 5.56 Å². The van der Waals surface area contributed by atoms with Crippen LogP contribution in [0.5, 0.6) is 5.75 Å². The number of nitrogens with two attached hydrogens (primary N) is 1. The zero-order valence-corrected chi connectivity index (χ0v) is 20.6. The Balaban J connectivity index is 2.08. The monoisotopic (exact) mass is 509 g/mol. The molecule has 2 heterocycles. The number of methoxy groups -OCH3 is 1. The predicted octanol–water partition coefficient (Wildman–Crippen LogP) is 4.25. The Morgan fingerprint density at radius 2 is 1.91 bits per heavy atom. The second-order valence-electron chi connectivity index (χ2n) is 7.73. The van der Waals surface area contributed by atoms with Crippen LogP contribution in [0.3, 0.4) is 0 Å². The van der Waals surface area contributed by atoms with Gasteiger partial charge in [-0.15, -0.1) is 11.3 Å². The summed E-state index contributed by atoms with van der Waals surface area (Å²) in [7, 11) is -2.74. The maximum atomic E-state index is 13.9. The first-order chi connectivity index (χ1) is 16.8. The highest BCUT2D eigenvalue weighted by Crippen LogP contribution is 2.43. The van der Waals surface area contributed by atoms with Gasteiger partial charge >= 0.3 is 0 Å². The molecular formula is C25H23N3O5S2. The molecule has 0 saturated carbocycles. The maximum Gasteiger partial charge on any atom is 0.276 e. The van der Waals surface area contributed by atoms with Crippen molar-refractivity contribution in [3.05, 3.63) is 88.6 Å². The number of hydroxylamine groups is 1. The molecule has 0 aliphatic rings. The van der Waals surface area contributed by atoms with Gasteiger partial charge < -0.3 is 10.5 Å². The number of nitrogen functional groups attached to an aromatic ring is 1. The first-order valence-corrected chi connectivity index (χ1v) is 12.9. The smallest absolute Gasteiger partial charge is 0.276 e. The molecule has 4 N–H and O–H groups in total. The van der Waals surface area contributed by atoms with Gasteiger partial charge in [-0.1, -0.05) is 12.1 Å². The molecular weight excluding hydrogens is 486 g/mol. The molecule has 180 valence electrons. The van der Waals surface area contributed by atoms with Crippen LogP contribution in [-0.4, -0.2) is 31.6 Å². The summed E-state index contributed by atoms with van der Waals surface area (Å²) in [6, 6.07) is 13.1. The van der Waals surface area contributed by atoms with E-state index in [0.29, 0.717) is 28.2 Å². The van der Waals surface area contributed by atoms with Crippen LogP contribution in [-0.2, 0) is 16.3 Å². The number of anilines is 1. The van der Waals surface area contributed by atoms with E-state index in [1.807, 2.05) is 11.4 Å². The zero-order chi connectivity index (χ0) is 25.2. The number of amides is 1. The highest BCUT2D eigenvalue weighted by atomic mass is 32.2. The van der Waals surface area contributed by atoms with E-state index in [2.05, 4.69) is 4.98 Å². The summed E-state index contributed by atoms with van der Waals surface area (Å²) in [5.74, 6) is -0.462. The van der Waals surface area contributed by atoms with Crippen LogP contribution in [0, 0.1) is 6.92 Å². The van der Waals surface area contributed by atoms with Crippen LogP contribution in [0.2, 0.25) is 0 Å². The quantitative estimate of drug-likeness (QED) is 0.193. The van der Waals surface area contributed by atoms with Gasteiger partial charge in [-0.2, -0.15) is 0 Å². The van der Waals surface area contributed by atoms with E-state index in [-0.39, 0.29) is 26.6 Å². The minimum absolute atomic E-state index is 0.0371. The average Bonchev–Trinajstić information content (AvgIpc) is 3.41. The molecule has 0 bridgehead atoms. The van der Waals surface area contributed by atoms with Crippen LogP contribution in [0.25, 0.3) is 10.4 Å². The SMILES string of the molecule is COc1ccc(S(=O)(=O)c2c(C)c(N)c(Cc3cccnc3)c(-c3cccs3)c2C(=O)NO)cc1. The third-order valence-corrected chi connectivity index (χ3v) is 8.51. The molecule has 2 aromatic heterocycles. The lowest BCUT2D eigenvalue weighted by Crippen LogP contribution is -2.25. The van der Waals surface area contributed by atoms with Crippen molar-refractivity contribution >= 4 is 32.8 Å². The molecule has 0 radical (unpaired) electrons. The van der Waals surface area contributed by atoms with Crippen molar-refractivity contribution in [3.63, 3.8) is 0 Å². The lowest BCUT2D eigenvalue weighted by atomic mass is 9.90. The number of carbonyl (C=O) groups excluding carboxylic acids is 1. The van der Waals surface area contributed by atoms with Gasteiger partial charge in [-0.05, 0) is 65.4 Å². The number of hydrogen-bond donors (Lipinski definition) is 3. The van der Waals surface area contributed by atoms with Gasteiger partial charge in [0.25, 0.3) is 5.91 Å². The van der Waals surface area contributed by atoms with Crippen LogP contribution in [0.4, 0.5) is 5.69 Å². The van der Waals surface area contributed by atoms with Crippen molar-refractivity contribution in [2.45, 2.75) is 23.1 Å². The van der Waals surface area contributed by atoms with E-state index in [9.17, 15) is 18.4 Å². The number of ether oxygens (including phenoxy) is 1. The fraction of sp³-hybridized carbons (Fsp3) is 0.120. The molecule has 10 heteroatoms. The number of rotatable bonds is 7. The lowest BCUT2D eigenvalue weighted by Gasteiger charge is -2.22. The van der Waals surface area contributed by atoms with E-state index in [1.54, 1.807) is 43.0 Å². The molecule has 0 atom stereocenters. The molecule has 0 aliphatic heterocycles. The van der Waals surface area contributed by atoms with Crippen molar-refractivity contribution in [3.8, 4) is 16.2 Å². The van der Waals surface area contributed by atoms with Gasteiger partial charge in [0.1, 0.15) is 5.75 Å². The average molecular weight is 510 g/mol. The Bertz CT molecular complexity index is 1470. The lowest BCUT2D eigenvalue weighted by molar-refractivity contribution is 0.0703. The topological polar surface area (TPSA) is 132 Å². The fourth-order valence-corrected chi connectivity index (χ4v) is 6.51. The van der Waals surface area contributed by atoms with Crippen LogP contribution >= 0.6 is 11.3 Å².